The van der Waals surface area contributed by atoms with Crippen LogP contribution < -0.4 is 10.2 Å². The van der Waals surface area contributed by atoms with Crippen molar-refractivity contribution in [3.8, 4) is 11.3 Å². The highest BCUT2D eigenvalue weighted by molar-refractivity contribution is 7.99. The van der Waals surface area contributed by atoms with E-state index in [0.717, 1.165) is 35.9 Å². The Morgan fingerprint density at radius 3 is 2.50 bits per heavy atom. The van der Waals surface area contributed by atoms with Gasteiger partial charge in [0, 0.05) is 6.04 Å². The van der Waals surface area contributed by atoms with Crippen LogP contribution in [0.3, 0.4) is 0 Å². The van der Waals surface area contributed by atoms with Crippen molar-refractivity contribution in [3.05, 3.63) is 60.8 Å². The van der Waals surface area contributed by atoms with Crippen LogP contribution in [0.4, 0.5) is 24.5 Å². The van der Waals surface area contributed by atoms with E-state index in [9.17, 15) is 22.8 Å². The molecule has 1 fully saturated rings. The average molecular weight is 487 g/mol. The monoisotopic (exact) mass is 486 g/mol. The molecule has 2 amide bonds. The minimum atomic E-state index is -4.76. The molecule has 0 saturated heterocycles. The minimum Gasteiger partial charge on any atom is -0.324 e. The number of hydrogen-bond donors (Lipinski definition) is 1. The largest absolute Gasteiger partial charge is 0.409 e. The fourth-order valence-electron chi connectivity index (χ4n) is 4.15. The van der Waals surface area contributed by atoms with Crippen LogP contribution in [-0.2, 0) is 9.59 Å². The smallest absolute Gasteiger partial charge is 0.324 e. The van der Waals surface area contributed by atoms with Crippen LogP contribution in [-0.4, -0.2) is 39.3 Å². The second-order valence-electron chi connectivity index (χ2n) is 8.27. The Kier molecular flexibility index (Phi) is 5.85. The quantitative estimate of drug-likeness (QED) is 0.498. The molecular formula is C24H21F3N4O2S. The summed E-state index contributed by atoms with van der Waals surface area (Å²) in [5, 5.41) is 3.07. The van der Waals surface area contributed by atoms with Crippen molar-refractivity contribution in [1.29, 1.82) is 0 Å². The molecule has 10 heteroatoms. The molecule has 1 aliphatic carbocycles. The van der Waals surface area contributed by atoms with Gasteiger partial charge in [-0.25, -0.2) is 4.98 Å². The number of para-hydroxylation sites is 2. The number of carbonyl (C=O) groups excluding carboxylic acids is 2. The highest BCUT2D eigenvalue weighted by Gasteiger charge is 2.49. The lowest BCUT2D eigenvalue weighted by Crippen LogP contribution is -2.50. The van der Waals surface area contributed by atoms with Crippen molar-refractivity contribution in [3.63, 3.8) is 0 Å². The highest BCUT2D eigenvalue weighted by Crippen LogP contribution is 2.42. The summed E-state index contributed by atoms with van der Waals surface area (Å²) in [4.78, 5) is 30.6. The van der Waals surface area contributed by atoms with Crippen LogP contribution in [0.2, 0.25) is 0 Å². The van der Waals surface area contributed by atoms with Gasteiger partial charge in [0.05, 0.1) is 35.4 Å². The van der Waals surface area contributed by atoms with E-state index in [2.05, 4.69) is 14.9 Å². The van der Waals surface area contributed by atoms with Crippen LogP contribution in [0.15, 0.2) is 66.0 Å². The molecule has 2 aromatic carbocycles. The molecule has 0 radical (unpaired) electrons. The Hall–Kier alpha value is -3.27. The van der Waals surface area contributed by atoms with E-state index in [-0.39, 0.29) is 23.2 Å². The zero-order chi connectivity index (χ0) is 23.9. The van der Waals surface area contributed by atoms with Gasteiger partial charge in [0.2, 0.25) is 11.8 Å². The molecule has 0 spiro atoms. The fraction of sp³-hybridized carbons (Fsp3) is 0.292. The van der Waals surface area contributed by atoms with E-state index < -0.39 is 30.5 Å². The van der Waals surface area contributed by atoms with Gasteiger partial charge < -0.3 is 9.88 Å². The molecule has 1 aliphatic heterocycles. The molecule has 1 atom stereocenters. The third-order valence-corrected chi connectivity index (χ3v) is 6.80. The summed E-state index contributed by atoms with van der Waals surface area (Å²) in [6, 6.07) is 13.8. The normalized spacial score (nSPS) is 18.3. The Morgan fingerprint density at radius 1 is 1.09 bits per heavy atom. The summed E-state index contributed by atoms with van der Waals surface area (Å²) in [6.45, 7) is 0. The number of carbonyl (C=O) groups is 2. The predicted octanol–water partition coefficient (Wildman–Crippen LogP) is 5.28. The zero-order valence-corrected chi connectivity index (χ0v) is 18.8. The first kappa shape index (κ1) is 22.5. The number of fused-ring (bicyclic) bond motifs is 1. The van der Waals surface area contributed by atoms with Crippen molar-refractivity contribution in [2.45, 2.75) is 42.7 Å². The first-order valence-electron chi connectivity index (χ1n) is 10.9. The molecule has 1 saturated carbocycles. The first-order valence-corrected chi connectivity index (χ1v) is 11.8. The third-order valence-electron chi connectivity index (χ3n) is 5.84. The summed E-state index contributed by atoms with van der Waals surface area (Å²) in [5.41, 5.74) is 2.13. The fourth-order valence-corrected chi connectivity index (χ4v) is 5.06. The van der Waals surface area contributed by atoms with Crippen molar-refractivity contribution < 1.29 is 22.8 Å². The van der Waals surface area contributed by atoms with E-state index in [1.54, 1.807) is 18.3 Å². The lowest BCUT2D eigenvalue weighted by Gasteiger charge is -2.31. The van der Waals surface area contributed by atoms with Gasteiger partial charge in [0.1, 0.15) is 6.04 Å². The number of rotatable bonds is 5. The molecule has 2 heterocycles. The van der Waals surface area contributed by atoms with Crippen LogP contribution in [0, 0.1) is 0 Å². The number of alkyl halides is 3. The van der Waals surface area contributed by atoms with Gasteiger partial charge >= 0.3 is 6.18 Å². The molecule has 1 N–H and O–H groups in total. The van der Waals surface area contributed by atoms with Gasteiger partial charge in [-0.05, 0) is 30.5 Å². The number of imidazole rings is 1. The maximum Gasteiger partial charge on any atom is 0.409 e. The molecule has 3 aromatic rings. The van der Waals surface area contributed by atoms with Gasteiger partial charge in [0.25, 0.3) is 0 Å². The summed E-state index contributed by atoms with van der Waals surface area (Å²) in [7, 11) is 0. The Bertz CT molecular complexity index is 1220. The van der Waals surface area contributed by atoms with Gasteiger partial charge in [-0.15, -0.1) is 0 Å². The zero-order valence-electron chi connectivity index (χ0n) is 18.0. The average Bonchev–Trinajstić information content (AvgIpc) is 3.59. The minimum absolute atomic E-state index is 0.0387. The van der Waals surface area contributed by atoms with Crippen molar-refractivity contribution in [1.82, 2.24) is 9.55 Å². The lowest BCUT2D eigenvalue weighted by atomic mass is 10.1. The second-order valence-corrected chi connectivity index (χ2v) is 9.21. The van der Waals surface area contributed by atoms with E-state index in [1.165, 1.54) is 12.1 Å². The lowest BCUT2D eigenvalue weighted by molar-refractivity contribution is -0.157. The molecule has 5 rings (SSSR count). The maximum atomic E-state index is 13.9. The molecule has 6 nitrogen and oxygen atoms in total. The van der Waals surface area contributed by atoms with Gasteiger partial charge in [-0.3, -0.25) is 14.5 Å². The van der Waals surface area contributed by atoms with Crippen LogP contribution in [0.5, 0.6) is 0 Å². The van der Waals surface area contributed by atoms with Gasteiger partial charge in [0.15, 0.2) is 5.16 Å². The second kappa shape index (κ2) is 8.83. The number of nitrogens with one attached hydrogen (secondary N) is 1. The summed E-state index contributed by atoms with van der Waals surface area (Å²) in [5.74, 6) is -1.76. The molecule has 1 aromatic heterocycles. The van der Waals surface area contributed by atoms with E-state index in [1.807, 2.05) is 30.3 Å². The number of thioether (sulfide) groups is 1. The summed E-state index contributed by atoms with van der Waals surface area (Å²) in [6.07, 6.45) is -1.91. The van der Waals surface area contributed by atoms with E-state index in [4.69, 9.17) is 0 Å². The maximum absolute atomic E-state index is 13.9. The highest BCUT2D eigenvalue weighted by atomic mass is 32.2. The topological polar surface area (TPSA) is 67.2 Å². The number of amides is 2. The number of aromatic nitrogens is 2. The van der Waals surface area contributed by atoms with Crippen LogP contribution in [0.1, 0.15) is 25.3 Å². The molecule has 0 bridgehead atoms. The third kappa shape index (κ3) is 4.42. The van der Waals surface area contributed by atoms with Crippen LogP contribution in [0.25, 0.3) is 11.3 Å². The number of hydrogen-bond acceptors (Lipinski definition) is 4. The Labute approximate surface area is 198 Å². The Balaban J connectivity index is 1.44. The van der Waals surface area contributed by atoms with Gasteiger partial charge in [-0.1, -0.05) is 54.2 Å². The predicted molar refractivity (Wildman–Crippen MR) is 124 cm³/mol. The van der Waals surface area contributed by atoms with Gasteiger partial charge in [-0.2, -0.15) is 13.2 Å². The molecule has 1 unspecified atom stereocenters. The molecule has 2 aliphatic rings. The SMILES string of the molecule is O=C1CC(C(F)(F)F)N(C(=O)CSc2ncc(-c3ccccc3)n2C2CC2)c2ccccc2N1. The van der Waals surface area contributed by atoms with Crippen LogP contribution >= 0.6 is 11.8 Å². The number of halogens is 3. The number of benzene rings is 2. The Morgan fingerprint density at radius 2 is 1.79 bits per heavy atom. The standard InChI is InChI=1S/C24H21F3N4O2S/c25-24(26,27)20-12-21(32)29-17-8-4-5-9-18(17)31(20)22(33)14-34-23-28-13-19(30(23)16-10-11-16)15-6-2-1-3-7-15/h1-9,13,16,20H,10-12,14H2,(H,29,32). The molecule has 34 heavy (non-hydrogen) atoms. The van der Waals surface area contributed by atoms with E-state index in [0.29, 0.717) is 10.1 Å². The van der Waals surface area contributed by atoms with Crippen molar-refractivity contribution in [2.75, 3.05) is 16.0 Å². The molecular weight excluding hydrogens is 465 g/mol. The van der Waals surface area contributed by atoms with Crippen molar-refractivity contribution in [2.24, 2.45) is 0 Å². The summed E-state index contributed by atoms with van der Waals surface area (Å²) < 4.78 is 43.9. The summed E-state index contributed by atoms with van der Waals surface area (Å²) >= 11 is 1.12. The number of nitrogens with zero attached hydrogens (tertiary/aromatic N) is 3. The molecule has 176 valence electrons. The number of anilines is 2. The van der Waals surface area contributed by atoms with Crippen molar-refractivity contribution >= 4 is 35.0 Å². The first-order chi connectivity index (χ1) is 16.3. The van der Waals surface area contributed by atoms with E-state index >= 15 is 0 Å².